The minimum absolute atomic E-state index is 0.129. The molecule has 1 aromatic heterocycles. The molecule has 1 aromatic rings. The summed E-state index contributed by atoms with van der Waals surface area (Å²) in [6.07, 6.45) is 2.20. The predicted molar refractivity (Wildman–Crippen MR) is 78.6 cm³/mol. The van der Waals surface area contributed by atoms with Crippen molar-refractivity contribution in [1.82, 2.24) is 14.3 Å². The van der Waals surface area contributed by atoms with Gasteiger partial charge in [-0.2, -0.15) is 4.31 Å². The number of ether oxygens (including phenoxy) is 1. The van der Waals surface area contributed by atoms with Crippen molar-refractivity contribution in [2.24, 2.45) is 0 Å². The summed E-state index contributed by atoms with van der Waals surface area (Å²) in [4.78, 5) is 10.9. The van der Waals surface area contributed by atoms with Crippen LogP contribution in [0.4, 0.5) is 5.82 Å². The van der Waals surface area contributed by atoms with E-state index in [9.17, 15) is 8.42 Å². The molecule has 1 fully saturated rings. The molecule has 7 nitrogen and oxygen atoms in total. The van der Waals surface area contributed by atoms with Crippen LogP contribution < -0.4 is 4.90 Å². The van der Waals surface area contributed by atoms with Gasteiger partial charge in [0.15, 0.2) is 0 Å². The number of morpholine rings is 1. The summed E-state index contributed by atoms with van der Waals surface area (Å²) >= 11 is 0. The molecule has 0 N–H and O–H groups in total. The molecule has 0 aliphatic carbocycles. The molecular formula is C13H20N4O3S. The summed E-state index contributed by atoms with van der Waals surface area (Å²) in [5.41, 5.74) is 1.91. The fourth-order valence-corrected chi connectivity index (χ4v) is 3.83. The fraction of sp³-hybridized carbons (Fsp3) is 0.692. The van der Waals surface area contributed by atoms with E-state index in [1.54, 1.807) is 6.92 Å². The number of aromatic nitrogens is 2. The third-order valence-electron chi connectivity index (χ3n) is 4.02. The summed E-state index contributed by atoms with van der Waals surface area (Å²) in [6.45, 7) is 5.58. The summed E-state index contributed by atoms with van der Waals surface area (Å²) in [7, 11) is -3.16. The first-order valence-corrected chi connectivity index (χ1v) is 8.86. The molecule has 0 atom stereocenters. The molecule has 0 bridgehead atoms. The zero-order valence-electron chi connectivity index (χ0n) is 12.2. The Morgan fingerprint density at radius 1 is 1.24 bits per heavy atom. The van der Waals surface area contributed by atoms with Crippen LogP contribution in [-0.2, 0) is 27.7 Å². The lowest BCUT2D eigenvalue weighted by Gasteiger charge is -2.33. The van der Waals surface area contributed by atoms with E-state index in [2.05, 4.69) is 14.9 Å². The van der Waals surface area contributed by atoms with Crippen LogP contribution in [0.1, 0.15) is 18.2 Å². The van der Waals surface area contributed by atoms with Crippen molar-refractivity contribution in [2.75, 3.05) is 43.5 Å². The summed E-state index contributed by atoms with van der Waals surface area (Å²) in [6, 6.07) is 0. The lowest BCUT2D eigenvalue weighted by atomic mass is 10.1. The largest absolute Gasteiger partial charge is 0.378 e. The predicted octanol–water partition coefficient (Wildman–Crippen LogP) is 0.0210. The van der Waals surface area contributed by atoms with E-state index in [-0.39, 0.29) is 5.75 Å². The first kappa shape index (κ1) is 14.7. The van der Waals surface area contributed by atoms with Gasteiger partial charge in [-0.1, -0.05) is 0 Å². The van der Waals surface area contributed by atoms with E-state index in [4.69, 9.17) is 4.74 Å². The molecule has 1 saturated heterocycles. The van der Waals surface area contributed by atoms with Gasteiger partial charge in [-0.05, 0) is 13.3 Å². The number of sulfonamides is 1. The molecule has 2 aliphatic heterocycles. The first-order chi connectivity index (χ1) is 10.1. The first-order valence-electron chi connectivity index (χ1n) is 7.25. The summed E-state index contributed by atoms with van der Waals surface area (Å²) in [5, 5.41) is 0. The highest BCUT2D eigenvalue weighted by Crippen LogP contribution is 2.27. The number of hydrogen-bond acceptors (Lipinski definition) is 6. The Hall–Kier alpha value is -1.25. The van der Waals surface area contributed by atoms with Gasteiger partial charge in [-0.3, -0.25) is 0 Å². The third kappa shape index (κ3) is 2.88. The number of hydrogen-bond donors (Lipinski definition) is 0. The van der Waals surface area contributed by atoms with Crippen molar-refractivity contribution in [3.8, 4) is 0 Å². The molecule has 8 heteroatoms. The summed E-state index contributed by atoms with van der Waals surface area (Å²) < 4.78 is 30.9. The lowest BCUT2D eigenvalue weighted by molar-refractivity contribution is 0.122. The van der Waals surface area contributed by atoms with E-state index < -0.39 is 10.0 Å². The Bertz CT molecular complexity index is 614. The van der Waals surface area contributed by atoms with Crippen molar-refractivity contribution >= 4 is 15.8 Å². The molecule has 0 unspecified atom stereocenters. The Kier molecular flexibility index (Phi) is 4.10. The molecule has 3 heterocycles. The number of anilines is 1. The van der Waals surface area contributed by atoms with Gasteiger partial charge >= 0.3 is 0 Å². The minimum atomic E-state index is -3.16. The lowest BCUT2D eigenvalue weighted by Crippen LogP contribution is -2.41. The van der Waals surface area contributed by atoms with E-state index in [1.165, 1.54) is 10.6 Å². The monoisotopic (exact) mass is 312 g/mol. The highest BCUT2D eigenvalue weighted by Gasteiger charge is 2.29. The van der Waals surface area contributed by atoms with Gasteiger partial charge < -0.3 is 9.64 Å². The highest BCUT2D eigenvalue weighted by molar-refractivity contribution is 7.89. The Morgan fingerprint density at radius 2 is 2.00 bits per heavy atom. The average molecular weight is 312 g/mol. The molecule has 3 rings (SSSR count). The van der Waals surface area contributed by atoms with Crippen molar-refractivity contribution < 1.29 is 13.2 Å². The quantitative estimate of drug-likeness (QED) is 0.783. The number of nitrogens with zero attached hydrogens (tertiary/aromatic N) is 4. The Morgan fingerprint density at radius 3 is 2.71 bits per heavy atom. The summed E-state index contributed by atoms with van der Waals surface area (Å²) in [5.74, 6) is 1.07. The van der Waals surface area contributed by atoms with Crippen LogP contribution in [0.25, 0.3) is 0 Å². The van der Waals surface area contributed by atoms with Crippen molar-refractivity contribution in [3.63, 3.8) is 0 Å². The second-order valence-electron chi connectivity index (χ2n) is 5.21. The molecule has 0 radical (unpaired) electrons. The maximum absolute atomic E-state index is 12.0. The fourth-order valence-electron chi connectivity index (χ4n) is 2.78. The van der Waals surface area contributed by atoms with Crippen LogP contribution in [0.2, 0.25) is 0 Å². The molecule has 0 saturated carbocycles. The Labute approximate surface area is 125 Å². The van der Waals surface area contributed by atoms with Crippen molar-refractivity contribution in [3.05, 3.63) is 17.6 Å². The van der Waals surface area contributed by atoms with E-state index in [0.717, 1.165) is 30.2 Å². The normalized spacial score (nSPS) is 20.3. The van der Waals surface area contributed by atoms with Gasteiger partial charge in [0.25, 0.3) is 0 Å². The minimum Gasteiger partial charge on any atom is -0.378 e. The van der Waals surface area contributed by atoms with Gasteiger partial charge in [-0.25, -0.2) is 18.4 Å². The van der Waals surface area contributed by atoms with Gasteiger partial charge in [-0.15, -0.1) is 0 Å². The second-order valence-corrected chi connectivity index (χ2v) is 7.46. The zero-order chi connectivity index (χ0) is 14.9. The number of rotatable bonds is 3. The van der Waals surface area contributed by atoms with Gasteiger partial charge in [0, 0.05) is 25.2 Å². The van der Waals surface area contributed by atoms with Gasteiger partial charge in [0.1, 0.15) is 12.1 Å². The number of fused-ring (bicyclic) bond motifs is 1. The van der Waals surface area contributed by atoms with Crippen LogP contribution in [0.5, 0.6) is 0 Å². The third-order valence-corrected chi connectivity index (χ3v) is 5.85. The second kappa shape index (κ2) is 5.86. The van der Waals surface area contributed by atoms with Gasteiger partial charge in [0.2, 0.25) is 10.0 Å². The van der Waals surface area contributed by atoms with Crippen LogP contribution >= 0.6 is 0 Å². The van der Waals surface area contributed by atoms with Crippen molar-refractivity contribution in [1.29, 1.82) is 0 Å². The molecule has 0 amide bonds. The van der Waals surface area contributed by atoms with E-state index in [1.807, 2.05) is 0 Å². The van der Waals surface area contributed by atoms with Crippen LogP contribution in [-0.4, -0.2) is 61.3 Å². The molecule has 2 aliphatic rings. The van der Waals surface area contributed by atoms with Crippen molar-refractivity contribution in [2.45, 2.75) is 19.9 Å². The van der Waals surface area contributed by atoms with E-state index >= 15 is 0 Å². The van der Waals surface area contributed by atoms with Gasteiger partial charge in [0.05, 0.1) is 31.2 Å². The average Bonchev–Trinajstić information content (AvgIpc) is 2.54. The highest BCUT2D eigenvalue weighted by atomic mass is 32.2. The maximum atomic E-state index is 12.0. The molecule has 0 spiro atoms. The SMILES string of the molecule is CCS(=O)(=O)N1CCc2c(ncnc2N2CCOCC2)C1. The molecular weight excluding hydrogens is 292 g/mol. The molecule has 21 heavy (non-hydrogen) atoms. The Balaban J connectivity index is 1.87. The topological polar surface area (TPSA) is 75.6 Å². The molecule has 0 aromatic carbocycles. The van der Waals surface area contributed by atoms with E-state index in [0.29, 0.717) is 32.7 Å². The smallest absolute Gasteiger partial charge is 0.214 e. The zero-order valence-corrected chi connectivity index (χ0v) is 13.0. The molecule has 116 valence electrons. The van der Waals surface area contributed by atoms with Crippen LogP contribution in [0, 0.1) is 0 Å². The maximum Gasteiger partial charge on any atom is 0.214 e. The van der Waals surface area contributed by atoms with Crippen LogP contribution in [0.15, 0.2) is 6.33 Å². The van der Waals surface area contributed by atoms with Crippen LogP contribution in [0.3, 0.4) is 0 Å². The standard InChI is InChI=1S/C13H20N4O3S/c1-2-21(18,19)17-4-3-11-12(9-17)14-10-15-13(11)16-5-7-20-8-6-16/h10H,2-9H2,1H3.